The van der Waals surface area contributed by atoms with E-state index in [0.29, 0.717) is 18.7 Å². The van der Waals surface area contributed by atoms with E-state index in [1.54, 1.807) is 18.2 Å². The molecule has 1 aliphatic rings. The van der Waals surface area contributed by atoms with Crippen molar-refractivity contribution in [3.63, 3.8) is 0 Å². The van der Waals surface area contributed by atoms with Gasteiger partial charge in [0.15, 0.2) is 0 Å². The Kier molecular flexibility index (Phi) is 4.28. The summed E-state index contributed by atoms with van der Waals surface area (Å²) in [5.41, 5.74) is 1.96. The topological polar surface area (TPSA) is 66.5 Å². The number of carbonyl (C=O) groups excluding carboxylic acids is 1. The average molecular weight is 340 g/mol. The van der Waals surface area contributed by atoms with Crippen LogP contribution in [0.1, 0.15) is 15.9 Å². The first kappa shape index (κ1) is 16.1. The number of carbonyl (C=O) groups is 1. The minimum Gasteiger partial charge on any atom is -0.341 e. The number of benzene rings is 2. The maximum Gasteiger partial charge on any atom is 0.264 e. The summed E-state index contributed by atoms with van der Waals surface area (Å²) in [6, 6.07) is 13.4. The van der Waals surface area contributed by atoms with E-state index in [4.69, 9.17) is 6.42 Å². The summed E-state index contributed by atoms with van der Waals surface area (Å²) in [5, 5.41) is 2.53. The van der Waals surface area contributed by atoms with E-state index in [1.807, 2.05) is 18.2 Å². The largest absolute Gasteiger partial charge is 0.341 e. The second-order valence-electron chi connectivity index (χ2n) is 5.37. The first-order chi connectivity index (χ1) is 11.5. The third-order valence-electron chi connectivity index (χ3n) is 3.88. The molecule has 2 aromatic rings. The molecule has 0 radical (unpaired) electrons. The van der Waals surface area contributed by atoms with E-state index in [9.17, 15) is 13.2 Å². The number of nitrogens with one attached hydrogen (secondary N) is 1. The second kappa shape index (κ2) is 6.38. The Bertz CT molecular complexity index is 929. The van der Waals surface area contributed by atoms with Gasteiger partial charge < -0.3 is 5.32 Å². The van der Waals surface area contributed by atoms with Crippen molar-refractivity contribution in [2.75, 3.05) is 17.4 Å². The van der Waals surface area contributed by atoms with E-state index in [1.165, 1.54) is 16.4 Å². The highest BCUT2D eigenvalue weighted by Crippen LogP contribution is 2.32. The van der Waals surface area contributed by atoms with Crippen LogP contribution in [-0.4, -0.2) is 27.4 Å². The maximum absolute atomic E-state index is 12.9. The van der Waals surface area contributed by atoms with Gasteiger partial charge in [-0.1, -0.05) is 30.2 Å². The standard InChI is InChI=1S/C18H16N2O3S/c1-2-11-19-18(21)15-7-5-8-16(13-15)24(22,23)20-12-10-14-6-3-4-9-17(14)20/h1,3-9,13H,10-12H2,(H,19,21). The van der Waals surface area contributed by atoms with Crippen molar-refractivity contribution in [3.8, 4) is 12.3 Å². The lowest BCUT2D eigenvalue weighted by Gasteiger charge is -2.19. The number of hydrogen-bond donors (Lipinski definition) is 1. The third kappa shape index (κ3) is 2.86. The van der Waals surface area contributed by atoms with Crippen molar-refractivity contribution in [1.82, 2.24) is 5.32 Å². The highest BCUT2D eigenvalue weighted by atomic mass is 32.2. The van der Waals surface area contributed by atoms with Gasteiger partial charge in [0.05, 0.1) is 17.1 Å². The zero-order valence-corrected chi connectivity index (χ0v) is 13.7. The molecule has 0 saturated heterocycles. The molecular weight excluding hydrogens is 324 g/mol. The van der Waals surface area contributed by atoms with Crippen molar-refractivity contribution in [2.45, 2.75) is 11.3 Å². The van der Waals surface area contributed by atoms with Crippen LogP contribution in [0.3, 0.4) is 0 Å². The van der Waals surface area contributed by atoms with Crippen LogP contribution in [0, 0.1) is 12.3 Å². The first-order valence-electron chi connectivity index (χ1n) is 7.46. The average Bonchev–Trinajstić information content (AvgIpc) is 3.04. The highest BCUT2D eigenvalue weighted by molar-refractivity contribution is 7.92. The Balaban J connectivity index is 1.94. The summed E-state index contributed by atoms with van der Waals surface area (Å²) in [4.78, 5) is 12.1. The van der Waals surface area contributed by atoms with Crippen LogP contribution < -0.4 is 9.62 Å². The zero-order chi connectivity index (χ0) is 17.2. The molecule has 0 spiro atoms. The molecule has 3 rings (SSSR count). The smallest absolute Gasteiger partial charge is 0.264 e. The summed E-state index contributed by atoms with van der Waals surface area (Å²) >= 11 is 0. The number of hydrogen-bond acceptors (Lipinski definition) is 3. The predicted octanol–water partition coefficient (Wildman–Crippen LogP) is 1.80. The van der Waals surface area contributed by atoms with Crippen LogP contribution in [0.4, 0.5) is 5.69 Å². The SMILES string of the molecule is C#CCNC(=O)c1cccc(S(=O)(=O)N2CCc3ccccc32)c1. The summed E-state index contributed by atoms with van der Waals surface area (Å²) in [6.45, 7) is 0.491. The van der Waals surface area contributed by atoms with E-state index in [2.05, 4.69) is 11.2 Å². The molecule has 122 valence electrons. The second-order valence-corrected chi connectivity index (χ2v) is 7.23. The number of sulfonamides is 1. The van der Waals surface area contributed by atoms with Gasteiger partial charge in [0.25, 0.3) is 15.9 Å². The van der Waals surface area contributed by atoms with Crippen molar-refractivity contribution in [1.29, 1.82) is 0 Å². The van der Waals surface area contributed by atoms with Crippen LogP contribution in [0.15, 0.2) is 53.4 Å². The molecule has 2 aromatic carbocycles. The molecule has 24 heavy (non-hydrogen) atoms. The fourth-order valence-electron chi connectivity index (χ4n) is 2.72. The molecule has 0 bridgehead atoms. The first-order valence-corrected chi connectivity index (χ1v) is 8.90. The Hall–Kier alpha value is -2.78. The molecule has 0 atom stereocenters. The van der Waals surface area contributed by atoms with Gasteiger partial charge in [-0.25, -0.2) is 8.42 Å². The van der Waals surface area contributed by atoms with Gasteiger partial charge in [0, 0.05) is 12.1 Å². The van der Waals surface area contributed by atoms with Crippen molar-refractivity contribution in [2.24, 2.45) is 0 Å². The fraction of sp³-hybridized carbons (Fsp3) is 0.167. The molecule has 5 nitrogen and oxygen atoms in total. The molecule has 1 amide bonds. The number of para-hydroxylation sites is 1. The van der Waals surface area contributed by atoms with Crippen molar-refractivity contribution < 1.29 is 13.2 Å². The normalized spacial score (nSPS) is 13.2. The summed E-state index contributed by atoms with van der Waals surface area (Å²) < 4.78 is 27.3. The summed E-state index contributed by atoms with van der Waals surface area (Å²) in [6.07, 6.45) is 5.79. The number of fused-ring (bicyclic) bond motifs is 1. The molecular formula is C18H16N2O3S. The summed E-state index contributed by atoms with van der Waals surface area (Å²) in [7, 11) is -3.72. The number of terminal acetylenes is 1. The molecule has 1 heterocycles. The number of rotatable bonds is 4. The molecule has 1 aliphatic heterocycles. The quantitative estimate of drug-likeness (QED) is 0.863. The van der Waals surface area contributed by atoms with Gasteiger partial charge in [0.2, 0.25) is 0 Å². The number of nitrogens with zero attached hydrogens (tertiary/aromatic N) is 1. The number of amides is 1. The molecule has 0 unspecified atom stereocenters. The molecule has 1 N–H and O–H groups in total. The van der Waals surface area contributed by atoms with Crippen molar-refractivity contribution >= 4 is 21.6 Å². The van der Waals surface area contributed by atoms with Crippen LogP contribution in [0.25, 0.3) is 0 Å². The Morgan fingerprint density at radius 2 is 2.00 bits per heavy atom. The van der Waals surface area contributed by atoms with E-state index in [0.717, 1.165) is 5.56 Å². The van der Waals surface area contributed by atoms with E-state index >= 15 is 0 Å². The Morgan fingerprint density at radius 1 is 1.21 bits per heavy atom. The lowest BCUT2D eigenvalue weighted by molar-refractivity contribution is 0.0958. The summed E-state index contributed by atoms with van der Waals surface area (Å²) in [5.74, 6) is 1.91. The van der Waals surface area contributed by atoms with Gasteiger partial charge in [-0.15, -0.1) is 6.42 Å². The minimum absolute atomic E-state index is 0.0903. The Labute approximate surface area is 141 Å². The molecule has 0 saturated carbocycles. The maximum atomic E-state index is 12.9. The Morgan fingerprint density at radius 3 is 2.79 bits per heavy atom. The van der Waals surface area contributed by atoms with E-state index < -0.39 is 15.9 Å². The van der Waals surface area contributed by atoms with Crippen molar-refractivity contribution in [3.05, 3.63) is 59.7 Å². The highest BCUT2D eigenvalue weighted by Gasteiger charge is 2.30. The monoisotopic (exact) mass is 340 g/mol. The molecule has 0 fully saturated rings. The molecule has 0 aromatic heterocycles. The molecule has 0 aliphatic carbocycles. The number of anilines is 1. The van der Waals surface area contributed by atoms with Gasteiger partial charge in [-0.3, -0.25) is 9.10 Å². The minimum atomic E-state index is -3.72. The predicted molar refractivity (Wildman–Crippen MR) is 92.3 cm³/mol. The van der Waals surface area contributed by atoms with Crippen LogP contribution in [0.2, 0.25) is 0 Å². The van der Waals surface area contributed by atoms with Crippen LogP contribution in [-0.2, 0) is 16.4 Å². The van der Waals surface area contributed by atoms with Gasteiger partial charge in [-0.2, -0.15) is 0 Å². The lowest BCUT2D eigenvalue weighted by atomic mass is 10.2. The third-order valence-corrected chi connectivity index (χ3v) is 5.69. The van der Waals surface area contributed by atoms with Gasteiger partial charge in [0.1, 0.15) is 0 Å². The fourth-order valence-corrected chi connectivity index (χ4v) is 4.27. The lowest BCUT2D eigenvalue weighted by Crippen LogP contribution is -2.29. The van der Waals surface area contributed by atoms with Gasteiger partial charge in [-0.05, 0) is 36.2 Å². The molecule has 6 heteroatoms. The zero-order valence-electron chi connectivity index (χ0n) is 12.9. The van der Waals surface area contributed by atoms with Crippen LogP contribution in [0.5, 0.6) is 0 Å². The van der Waals surface area contributed by atoms with Crippen LogP contribution >= 0.6 is 0 Å². The van der Waals surface area contributed by atoms with Gasteiger partial charge >= 0.3 is 0 Å². The van der Waals surface area contributed by atoms with E-state index in [-0.39, 0.29) is 17.0 Å².